The smallest absolute Gasteiger partial charge is 0.307 e. The standard InChI is InChI=1S/C19H18F2N2O2.C6H2BrF2NO2/c20-13-3-1-12(2-4-13)15-9-18-17(10-16(15)21)22-19(11-24)23(18)14-5-7-25-8-6-14;7-3-1-5(9)6(10(11)12)2-4(3)8/h1-4,9-10,14,24H,5-8,11H2;1-2H. The molecule has 194 valence electrons. The molecule has 0 unspecified atom stereocenters. The summed E-state index contributed by atoms with van der Waals surface area (Å²) in [5, 5.41) is 19.8. The third kappa shape index (κ3) is 5.81. The van der Waals surface area contributed by atoms with E-state index in [1.807, 2.05) is 4.57 Å². The maximum Gasteiger partial charge on any atom is 0.307 e. The number of hydrogen-bond donors (Lipinski definition) is 1. The molecular weight excluding hydrogens is 562 g/mol. The SMILES string of the molecule is O=[N+]([O-])c1cc(F)c(Br)cc1F.OCc1nc2cc(F)c(-c3ccc(F)cc3)cc2n1C1CCOCC1. The average molecular weight is 582 g/mol. The van der Waals surface area contributed by atoms with E-state index in [1.54, 1.807) is 18.2 Å². The fraction of sp³-hybridized carbons (Fsp3) is 0.240. The fourth-order valence-corrected chi connectivity index (χ4v) is 4.45. The summed E-state index contributed by atoms with van der Waals surface area (Å²) >= 11 is 2.69. The van der Waals surface area contributed by atoms with Gasteiger partial charge in [-0.1, -0.05) is 12.1 Å². The summed E-state index contributed by atoms with van der Waals surface area (Å²) in [5.41, 5.74) is 1.42. The number of fused-ring (bicyclic) bond motifs is 1. The molecule has 2 heterocycles. The van der Waals surface area contributed by atoms with Gasteiger partial charge in [0.15, 0.2) is 0 Å². The van der Waals surface area contributed by atoms with Crippen molar-refractivity contribution in [1.29, 1.82) is 0 Å². The number of aromatic nitrogens is 2. The monoisotopic (exact) mass is 581 g/mol. The highest BCUT2D eigenvalue weighted by atomic mass is 79.9. The zero-order valence-corrected chi connectivity index (χ0v) is 20.7. The van der Waals surface area contributed by atoms with Crippen LogP contribution in [0.5, 0.6) is 0 Å². The Morgan fingerprint density at radius 1 is 1.03 bits per heavy atom. The summed E-state index contributed by atoms with van der Waals surface area (Å²) in [5.74, 6) is -2.17. The molecule has 37 heavy (non-hydrogen) atoms. The summed E-state index contributed by atoms with van der Waals surface area (Å²) in [6.07, 6.45) is 1.64. The van der Waals surface area contributed by atoms with E-state index in [0.717, 1.165) is 18.4 Å². The van der Waals surface area contributed by atoms with E-state index in [2.05, 4.69) is 20.9 Å². The van der Waals surface area contributed by atoms with Gasteiger partial charge in [-0.3, -0.25) is 10.1 Å². The van der Waals surface area contributed by atoms with Crippen LogP contribution in [0, 0.1) is 33.4 Å². The molecule has 0 atom stereocenters. The molecule has 0 spiro atoms. The lowest BCUT2D eigenvalue weighted by atomic mass is 10.0. The van der Waals surface area contributed by atoms with Gasteiger partial charge in [0, 0.05) is 30.9 Å². The molecule has 1 fully saturated rings. The van der Waals surface area contributed by atoms with Gasteiger partial charge in [-0.15, -0.1) is 0 Å². The van der Waals surface area contributed by atoms with Crippen LogP contribution in [0.2, 0.25) is 0 Å². The number of aliphatic hydroxyl groups excluding tert-OH is 1. The van der Waals surface area contributed by atoms with Crippen LogP contribution in [0.15, 0.2) is 53.0 Å². The minimum Gasteiger partial charge on any atom is -0.388 e. The van der Waals surface area contributed by atoms with E-state index < -0.39 is 28.1 Å². The summed E-state index contributed by atoms with van der Waals surface area (Å²) in [6, 6.07) is 10.3. The van der Waals surface area contributed by atoms with Gasteiger partial charge in [-0.25, -0.2) is 18.2 Å². The van der Waals surface area contributed by atoms with Crippen LogP contribution in [-0.2, 0) is 11.3 Å². The van der Waals surface area contributed by atoms with Crippen LogP contribution < -0.4 is 0 Å². The number of nitro benzene ring substituents is 1. The molecule has 0 saturated carbocycles. The number of imidazole rings is 1. The van der Waals surface area contributed by atoms with Crippen LogP contribution >= 0.6 is 15.9 Å². The Morgan fingerprint density at radius 2 is 1.70 bits per heavy atom. The van der Waals surface area contributed by atoms with Gasteiger partial charge in [0.05, 0.1) is 26.5 Å². The summed E-state index contributed by atoms with van der Waals surface area (Å²) < 4.78 is 60.2. The van der Waals surface area contributed by atoms with Crippen molar-refractivity contribution in [3.8, 4) is 11.1 Å². The number of ether oxygens (including phenoxy) is 1. The number of rotatable bonds is 4. The van der Waals surface area contributed by atoms with E-state index >= 15 is 0 Å². The lowest BCUT2D eigenvalue weighted by Crippen LogP contribution is -2.21. The fourth-order valence-electron chi connectivity index (χ4n) is 4.13. The van der Waals surface area contributed by atoms with Gasteiger partial charge < -0.3 is 14.4 Å². The van der Waals surface area contributed by atoms with Crippen molar-refractivity contribution in [3.05, 3.63) is 92.2 Å². The quantitative estimate of drug-likeness (QED) is 0.129. The molecule has 0 aliphatic carbocycles. The topological polar surface area (TPSA) is 90.4 Å². The molecule has 4 aromatic rings. The number of benzene rings is 3. The number of nitro groups is 1. The van der Waals surface area contributed by atoms with Gasteiger partial charge in [-0.2, -0.15) is 4.39 Å². The molecule has 7 nitrogen and oxygen atoms in total. The Morgan fingerprint density at radius 3 is 2.32 bits per heavy atom. The molecule has 3 aromatic carbocycles. The Bertz CT molecular complexity index is 1440. The van der Waals surface area contributed by atoms with Crippen molar-refractivity contribution in [1.82, 2.24) is 9.55 Å². The third-order valence-electron chi connectivity index (χ3n) is 5.89. The van der Waals surface area contributed by atoms with Crippen LogP contribution in [0.4, 0.5) is 23.2 Å². The molecule has 5 rings (SSSR count). The Hall–Kier alpha value is -3.35. The summed E-state index contributed by atoms with van der Waals surface area (Å²) in [4.78, 5) is 13.5. The second-order valence-electron chi connectivity index (χ2n) is 8.20. The summed E-state index contributed by atoms with van der Waals surface area (Å²) in [6.45, 7) is 1.10. The Balaban J connectivity index is 0.000000225. The normalized spacial score (nSPS) is 13.9. The highest BCUT2D eigenvalue weighted by Crippen LogP contribution is 2.33. The number of aliphatic hydroxyl groups is 1. The highest BCUT2D eigenvalue weighted by molar-refractivity contribution is 9.10. The molecule has 1 aromatic heterocycles. The molecule has 1 saturated heterocycles. The van der Waals surface area contributed by atoms with Crippen LogP contribution in [0.3, 0.4) is 0 Å². The molecule has 0 radical (unpaired) electrons. The number of hydrogen-bond acceptors (Lipinski definition) is 5. The van der Waals surface area contributed by atoms with E-state index in [-0.39, 0.29) is 22.9 Å². The second kappa shape index (κ2) is 11.4. The summed E-state index contributed by atoms with van der Waals surface area (Å²) in [7, 11) is 0. The molecule has 1 aliphatic heterocycles. The molecule has 0 amide bonds. The van der Waals surface area contributed by atoms with Crippen molar-refractivity contribution in [2.75, 3.05) is 13.2 Å². The first-order valence-corrected chi connectivity index (χ1v) is 11.9. The van der Waals surface area contributed by atoms with Gasteiger partial charge in [-0.05, 0) is 58.6 Å². The Labute approximate surface area is 216 Å². The van der Waals surface area contributed by atoms with Crippen molar-refractivity contribution >= 4 is 32.7 Å². The van der Waals surface area contributed by atoms with Crippen LogP contribution in [0.1, 0.15) is 24.7 Å². The van der Waals surface area contributed by atoms with Crippen LogP contribution in [-0.4, -0.2) is 32.8 Å². The lowest BCUT2D eigenvalue weighted by Gasteiger charge is -2.25. The molecule has 0 bridgehead atoms. The van der Waals surface area contributed by atoms with Gasteiger partial charge >= 0.3 is 5.69 Å². The van der Waals surface area contributed by atoms with E-state index in [1.165, 1.54) is 18.2 Å². The number of nitrogens with zero attached hydrogens (tertiary/aromatic N) is 3. The van der Waals surface area contributed by atoms with Crippen LogP contribution in [0.25, 0.3) is 22.2 Å². The van der Waals surface area contributed by atoms with E-state index in [0.29, 0.717) is 47.8 Å². The second-order valence-corrected chi connectivity index (χ2v) is 9.06. The largest absolute Gasteiger partial charge is 0.388 e. The number of halogens is 5. The zero-order chi connectivity index (χ0) is 26.7. The van der Waals surface area contributed by atoms with E-state index in [4.69, 9.17) is 4.74 Å². The van der Waals surface area contributed by atoms with Crippen molar-refractivity contribution in [2.24, 2.45) is 0 Å². The third-order valence-corrected chi connectivity index (χ3v) is 6.50. The first-order chi connectivity index (χ1) is 17.7. The first-order valence-electron chi connectivity index (χ1n) is 11.1. The molecular formula is C25H20BrF4N3O4. The first kappa shape index (κ1) is 26.7. The van der Waals surface area contributed by atoms with Gasteiger partial charge in [0.25, 0.3) is 0 Å². The van der Waals surface area contributed by atoms with Crippen molar-refractivity contribution < 1.29 is 32.3 Å². The minimum absolute atomic E-state index is 0.134. The maximum atomic E-state index is 14.6. The van der Waals surface area contributed by atoms with E-state index in [9.17, 15) is 32.8 Å². The van der Waals surface area contributed by atoms with Gasteiger partial charge in [0.1, 0.15) is 29.9 Å². The molecule has 1 aliphatic rings. The molecule has 12 heteroatoms. The van der Waals surface area contributed by atoms with Crippen molar-refractivity contribution in [3.63, 3.8) is 0 Å². The van der Waals surface area contributed by atoms with Gasteiger partial charge in [0.2, 0.25) is 5.82 Å². The lowest BCUT2D eigenvalue weighted by molar-refractivity contribution is -0.387. The predicted octanol–water partition coefficient (Wildman–Crippen LogP) is 6.46. The zero-order valence-electron chi connectivity index (χ0n) is 19.1. The maximum absolute atomic E-state index is 14.6. The predicted molar refractivity (Wildman–Crippen MR) is 131 cm³/mol. The molecule has 1 N–H and O–H groups in total. The van der Waals surface area contributed by atoms with Crippen molar-refractivity contribution in [2.45, 2.75) is 25.5 Å². The Kier molecular flexibility index (Phi) is 8.20. The average Bonchev–Trinajstić information content (AvgIpc) is 3.24. The minimum atomic E-state index is -1.06. The highest BCUT2D eigenvalue weighted by Gasteiger charge is 2.23.